The van der Waals surface area contributed by atoms with E-state index < -0.39 is 0 Å². The van der Waals surface area contributed by atoms with Gasteiger partial charge in [0.15, 0.2) is 6.54 Å². The lowest BCUT2D eigenvalue weighted by molar-refractivity contribution is -0.896. The Bertz CT molecular complexity index is 821. The van der Waals surface area contributed by atoms with Gasteiger partial charge in [-0.25, -0.2) is 0 Å². The van der Waals surface area contributed by atoms with Crippen molar-refractivity contribution < 1.29 is 19.2 Å². The molecule has 0 spiro atoms. The smallest absolute Gasteiger partial charge is 0.275 e. The van der Waals surface area contributed by atoms with E-state index in [1.165, 1.54) is 4.90 Å². The summed E-state index contributed by atoms with van der Waals surface area (Å²) in [6.07, 6.45) is 0. The molecule has 1 fully saturated rings. The fourth-order valence-corrected chi connectivity index (χ4v) is 3.37. The van der Waals surface area contributed by atoms with Crippen molar-refractivity contribution in [2.45, 2.75) is 26.3 Å². The summed E-state index contributed by atoms with van der Waals surface area (Å²) < 4.78 is 5.78. The molecular weight excluding hydrogens is 366 g/mol. The number of hydrogen-bond donors (Lipinski definition) is 2. The van der Waals surface area contributed by atoms with Crippen molar-refractivity contribution in [2.75, 3.05) is 32.7 Å². The van der Waals surface area contributed by atoms with E-state index in [1.807, 2.05) is 68.1 Å². The molecule has 0 saturated carbocycles. The summed E-state index contributed by atoms with van der Waals surface area (Å²) in [4.78, 5) is 28.0. The van der Waals surface area contributed by atoms with Crippen molar-refractivity contribution >= 4 is 11.8 Å². The van der Waals surface area contributed by atoms with E-state index in [1.54, 1.807) is 12.1 Å². The molecule has 2 aromatic rings. The van der Waals surface area contributed by atoms with Crippen LogP contribution >= 0.6 is 0 Å². The quantitative estimate of drug-likeness (QED) is 0.809. The second-order valence-electron chi connectivity index (χ2n) is 8.46. The predicted octanol–water partition coefficient (Wildman–Crippen LogP) is 1.73. The molecular formula is C23H30N3O3+. The van der Waals surface area contributed by atoms with Crippen LogP contribution in [0, 0.1) is 0 Å². The summed E-state index contributed by atoms with van der Waals surface area (Å²) in [5, 5.41) is 3.00. The molecule has 0 radical (unpaired) electrons. The van der Waals surface area contributed by atoms with Crippen LogP contribution in [0.25, 0.3) is 0 Å². The SMILES string of the molecule is CC(C)(C)NC(=O)C[NH+]1CCN(C(=O)c2ccc(Oc3ccccc3)cc2)CC1. The largest absolute Gasteiger partial charge is 0.457 e. The normalized spacial score (nSPS) is 15.1. The Morgan fingerprint density at radius 2 is 1.55 bits per heavy atom. The molecule has 0 bridgehead atoms. The topological polar surface area (TPSA) is 63.1 Å². The number of benzene rings is 2. The fourth-order valence-electron chi connectivity index (χ4n) is 3.37. The second kappa shape index (κ2) is 9.09. The zero-order valence-electron chi connectivity index (χ0n) is 17.4. The summed E-state index contributed by atoms with van der Waals surface area (Å²) in [5.41, 5.74) is 0.435. The number of piperazine rings is 1. The Morgan fingerprint density at radius 1 is 0.966 bits per heavy atom. The third kappa shape index (κ3) is 6.32. The number of nitrogens with zero attached hydrogens (tertiary/aromatic N) is 1. The predicted molar refractivity (Wildman–Crippen MR) is 112 cm³/mol. The highest BCUT2D eigenvalue weighted by molar-refractivity contribution is 5.94. The van der Waals surface area contributed by atoms with E-state index in [-0.39, 0.29) is 17.4 Å². The Hall–Kier alpha value is -2.86. The van der Waals surface area contributed by atoms with E-state index >= 15 is 0 Å². The molecule has 1 heterocycles. The summed E-state index contributed by atoms with van der Waals surface area (Å²) >= 11 is 0. The number of ether oxygens (including phenoxy) is 1. The number of rotatable bonds is 5. The summed E-state index contributed by atoms with van der Waals surface area (Å²) in [5.74, 6) is 1.55. The number of carbonyl (C=O) groups excluding carboxylic acids is 2. The van der Waals surface area contributed by atoms with Gasteiger partial charge in [0, 0.05) is 11.1 Å². The second-order valence-corrected chi connectivity index (χ2v) is 8.46. The van der Waals surface area contributed by atoms with Crippen molar-refractivity contribution in [1.29, 1.82) is 0 Å². The van der Waals surface area contributed by atoms with Crippen LogP contribution in [0.5, 0.6) is 11.5 Å². The molecule has 3 rings (SSSR count). The standard InChI is InChI=1S/C23H29N3O3/c1-23(2,3)24-21(27)17-25-13-15-26(16-14-25)22(28)18-9-11-20(12-10-18)29-19-7-5-4-6-8-19/h4-12H,13-17H2,1-3H3,(H,24,27)/p+1. The summed E-state index contributed by atoms with van der Waals surface area (Å²) in [6, 6.07) is 16.8. The average Bonchev–Trinajstić information content (AvgIpc) is 2.68. The molecule has 154 valence electrons. The molecule has 0 unspecified atom stereocenters. The van der Waals surface area contributed by atoms with Crippen molar-refractivity contribution in [3.63, 3.8) is 0 Å². The first-order valence-corrected chi connectivity index (χ1v) is 10.1. The third-order valence-electron chi connectivity index (χ3n) is 4.76. The zero-order chi connectivity index (χ0) is 20.9. The molecule has 2 amide bonds. The van der Waals surface area contributed by atoms with Crippen LogP contribution < -0.4 is 15.0 Å². The van der Waals surface area contributed by atoms with Gasteiger partial charge in [-0.2, -0.15) is 0 Å². The van der Waals surface area contributed by atoms with Gasteiger partial charge in [0.25, 0.3) is 11.8 Å². The van der Waals surface area contributed by atoms with E-state index in [0.717, 1.165) is 18.8 Å². The van der Waals surface area contributed by atoms with Gasteiger partial charge < -0.3 is 19.9 Å². The number of hydrogen-bond acceptors (Lipinski definition) is 3. The maximum Gasteiger partial charge on any atom is 0.275 e. The van der Waals surface area contributed by atoms with Gasteiger partial charge in [0.1, 0.15) is 11.5 Å². The fraction of sp³-hybridized carbons (Fsp3) is 0.391. The molecule has 2 aromatic carbocycles. The molecule has 2 N–H and O–H groups in total. The Kier molecular flexibility index (Phi) is 6.54. The van der Waals surface area contributed by atoms with E-state index in [2.05, 4.69) is 5.32 Å². The van der Waals surface area contributed by atoms with Crippen LogP contribution in [0.15, 0.2) is 54.6 Å². The maximum atomic E-state index is 12.8. The number of carbonyl (C=O) groups is 2. The molecule has 0 aliphatic carbocycles. The molecule has 1 saturated heterocycles. The molecule has 6 heteroatoms. The van der Waals surface area contributed by atoms with Crippen LogP contribution in [0.2, 0.25) is 0 Å². The maximum absolute atomic E-state index is 12.8. The van der Waals surface area contributed by atoms with Crippen molar-refractivity contribution in [3.8, 4) is 11.5 Å². The van der Waals surface area contributed by atoms with Gasteiger partial charge in [0.05, 0.1) is 26.2 Å². The van der Waals surface area contributed by atoms with E-state index in [9.17, 15) is 9.59 Å². The molecule has 29 heavy (non-hydrogen) atoms. The van der Waals surface area contributed by atoms with Crippen LogP contribution in [0.4, 0.5) is 0 Å². The number of para-hydroxylation sites is 1. The third-order valence-corrected chi connectivity index (χ3v) is 4.76. The van der Waals surface area contributed by atoms with E-state index in [4.69, 9.17) is 4.74 Å². The van der Waals surface area contributed by atoms with Gasteiger partial charge in [-0.1, -0.05) is 18.2 Å². The van der Waals surface area contributed by atoms with Gasteiger partial charge >= 0.3 is 0 Å². The Labute approximate surface area is 172 Å². The zero-order valence-corrected chi connectivity index (χ0v) is 17.4. The van der Waals surface area contributed by atoms with Crippen molar-refractivity contribution in [3.05, 3.63) is 60.2 Å². The van der Waals surface area contributed by atoms with Crippen LogP contribution in [0.1, 0.15) is 31.1 Å². The number of quaternary nitrogens is 1. The lowest BCUT2D eigenvalue weighted by atomic mass is 10.1. The van der Waals surface area contributed by atoms with Gasteiger partial charge in [-0.15, -0.1) is 0 Å². The first-order chi connectivity index (χ1) is 13.8. The highest BCUT2D eigenvalue weighted by atomic mass is 16.5. The lowest BCUT2D eigenvalue weighted by Gasteiger charge is -2.32. The minimum Gasteiger partial charge on any atom is -0.457 e. The molecule has 0 aromatic heterocycles. The highest BCUT2D eigenvalue weighted by Crippen LogP contribution is 2.21. The minimum absolute atomic E-state index is 0.0226. The minimum atomic E-state index is -0.218. The Balaban J connectivity index is 1.49. The van der Waals surface area contributed by atoms with Gasteiger partial charge in [-0.3, -0.25) is 9.59 Å². The average molecular weight is 397 g/mol. The monoisotopic (exact) mass is 396 g/mol. The number of nitrogens with one attached hydrogen (secondary N) is 2. The Morgan fingerprint density at radius 3 is 2.14 bits per heavy atom. The van der Waals surface area contributed by atoms with E-state index in [0.29, 0.717) is 30.9 Å². The first-order valence-electron chi connectivity index (χ1n) is 10.1. The lowest BCUT2D eigenvalue weighted by Crippen LogP contribution is -3.16. The molecule has 1 aliphatic rings. The van der Waals surface area contributed by atoms with Crippen LogP contribution in [0.3, 0.4) is 0 Å². The molecule has 0 atom stereocenters. The molecule has 1 aliphatic heterocycles. The van der Waals surface area contributed by atoms with Gasteiger partial charge in [-0.05, 0) is 57.2 Å². The van der Waals surface area contributed by atoms with Crippen LogP contribution in [-0.4, -0.2) is 55.0 Å². The number of amides is 2. The molecule has 6 nitrogen and oxygen atoms in total. The van der Waals surface area contributed by atoms with Gasteiger partial charge in [0.2, 0.25) is 0 Å². The van der Waals surface area contributed by atoms with Crippen LogP contribution in [-0.2, 0) is 4.79 Å². The summed E-state index contributed by atoms with van der Waals surface area (Å²) in [6.45, 7) is 9.24. The first kappa shape index (κ1) is 20.9. The highest BCUT2D eigenvalue weighted by Gasteiger charge is 2.26. The van der Waals surface area contributed by atoms with Crippen molar-refractivity contribution in [2.24, 2.45) is 0 Å². The summed E-state index contributed by atoms with van der Waals surface area (Å²) in [7, 11) is 0. The van der Waals surface area contributed by atoms with Crippen molar-refractivity contribution in [1.82, 2.24) is 10.2 Å².